The van der Waals surface area contributed by atoms with Crippen molar-refractivity contribution in [2.75, 3.05) is 7.05 Å². The van der Waals surface area contributed by atoms with Crippen LogP contribution in [-0.4, -0.2) is 16.8 Å². The predicted molar refractivity (Wildman–Crippen MR) is 83.5 cm³/mol. The van der Waals surface area contributed by atoms with Crippen LogP contribution in [0.1, 0.15) is 41.4 Å². The van der Waals surface area contributed by atoms with Crippen LogP contribution in [0.3, 0.4) is 0 Å². The number of hydrogen-bond donors (Lipinski definition) is 1. The van der Waals surface area contributed by atoms with Gasteiger partial charge in [0.2, 0.25) is 0 Å². The van der Waals surface area contributed by atoms with Crippen molar-refractivity contribution < 1.29 is 4.74 Å². The smallest absolute Gasteiger partial charge is 0.130 e. The van der Waals surface area contributed by atoms with E-state index in [4.69, 9.17) is 4.74 Å². The van der Waals surface area contributed by atoms with Crippen molar-refractivity contribution in [1.82, 2.24) is 15.1 Å². The molecular formula is C17H23N3O. The zero-order chi connectivity index (χ0) is 14.8. The van der Waals surface area contributed by atoms with Crippen LogP contribution in [0, 0.1) is 6.92 Å². The van der Waals surface area contributed by atoms with Crippen LogP contribution in [0.25, 0.3) is 0 Å². The maximum absolute atomic E-state index is 5.94. The number of nitrogens with zero attached hydrogens (tertiary/aromatic N) is 2. The summed E-state index contributed by atoms with van der Waals surface area (Å²) in [6.07, 6.45) is 3.61. The van der Waals surface area contributed by atoms with Crippen LogP contribution < -0.4 is 10.1 Å². The molecule has 0 saturated heterocycles. The Labute approximate surface area is 126 Å². The fraction of sp³-hybridized carbons (Fsp3) is 0.471. The number of rotatable bonds is 4. The largest absolute Gasteiger partial charge is 0.487 e. The summed E-state index contributed by atoms with van der Waals surface area (Å²) < 4.78 is 7.82. The summed E-state index contributed by atoms with van der Waals surface area (Å²) in [5.74, 6) is 0.948. The topological polar surface area (TPSA) is 39.1 Å². The van der Waals surface area contributed by atoms with Gasteiger partial charge >= 0.3 is 0 Å². The monoisotopic (exact) mass is 285 g/mol. The second-order valence-corrected chi connectivity index (χ2v) is 5.78. The fourth-order valence-corrected chi connectivity index (χ4v) is 3.14. The highest BCUT2D eigenvalue weighted by Gasteiger charge is 2.19. The minimum atomic E-state index is 0.488. The molecule has 0 bridgehead atoms. The van der Waals surface area contributed by atoms with Crippen LogP contribution in [-0.2, 0) is 20.1 Å². The van der Waals surface area contributed by atoms with Gasteiger partial charge in [0.25, 0.3) is 0 Å². The molecule has 1 aromatic heterocycles. The van der Waals surface area contributed by atoms with Gasteiger partial charge in [0.05, 0.1) is 11.4 Å². The van der Waals surface area contributed by atoms with Crippen molar-refractivity contribution in [2.45, 2.75) is 38.8 Å². The molecule has 112 valence electrons. The van der Waals surface area contributed by atoms with Crippen molar-refractivity contribution in [1.29, 1.82) is 0 Å². The molecule has 0 amide bonds. The minimum Gasteiger partial charge on any atom is -0.487 e. The number of fused-ring (bicyclic) bond motifs is 1. The lowest BCUT2D eigenvalue weighted by Crippen LogP contribution is -2.21. The van der Waals surface area contributed by atoms with Gasteiger partial charge in [-0.25, -0.2) is 0 Å². The van der Waals surface area contributed by atoms with E-state index in [1.165, 1.54) is 24.0 Å². The molecule has 1 heterocycles. The Kier molecular flexibility index (Phi) is 3.97. The number of nitrogens with one attached hydrogen (secondary N) is 1. The third kappa shape index (κ3) is 2.95. The molecule has 1 aliphatic rings. The lowest BCUT2D eigenvalue weighted by atomic mass is 9.87. The van der Waals surface area contributed by atoms with Crippen LogP contribution >= 0.6 is 0 Å². The third-order valence-electron chi connectivity index (χ3n) is 4.26. The van der Waals surface area contributed by atoms with E-state index in [2.05, 4.69) is 34.7 Å². The molecular weight excluding hydrogens is 262 g/mol. The Bertz CT molecular complexity index is 633. The van der Waals surface area contributed by atoms with Gasteiger partial charge in [-0.05, 0) is 62.6 Å². The molecule has 0 spiro atoms. The quantitative estimate of drug-likeness (QED) is 0.939. The molecule has 0 saturated carbocycles. The van der Waals surface area contributed by atoms with Crippen molar-refractivity contribution in [3.8, 4) is 5.75 Å². The number of hydrogen-bond acceptors (Lipinski definition) is 3. The Morgan fingerprint density at radius 2 is 2.24 bits per heavy atom. The second kappa shape index (κ2) is 5.90. The SMILES string of the molecule is CNC1CCCc2cc(OCc3cc(C)nn3C)ccc21. The molecule has 1 N–H and O–H groups in total. The Hall–Kier alpha value is -1.81. The summed E-state index contributed by atoms with van der Waals surface area (Å²) in [6.45, 7) is 2.56. The Balaban J connectivity index is 1.73. The second-order valence-electron chi connectivity index (χ2n) is 5.78. The Morgan fingerprint density at radius 1 is 1.38 bits per heavy atom. The average molecular weight is 285 g/mol. The first-order valence-corrected chi connectivity index (χ1v) is 7.60. The van der Waals surface area contributed by atoms with Crippen molar-refractivity contribution >= 4 is 0 Å². The molecule has 1 aromatic carbocycles. The third-order valence-corrected chi connectivity index (χ3v) is 4.26. The molecule has 0 aliphatic heterocycles. The van der Waals surface area contributed by atoms with E-state index in [-0.39, 0.29) is 0 Å². The zero-order valence-corrected chi connectivity index (χ0v) is 13.0. The fourth-order valence-electron chi connectivity index (χ4n) is 3.14. The van der Waals surface area contributed by atoms with Gasteiger partial charge in [0.1, 0.15) is 12.4 Å². The molecule has 1 unspecified atom stereocenters. The first-order valence-electron chi connectivity index (χ1n) is 7.60. The molecule has 4 nitrogen and oxygen atoms in total. The highest BCUT2D eigenvalue weighted by molar-refractivity contribution is 5.39. The van der Waals surface area contributed by atoms with Gasteiger partial charge < -0.3 is 10.1 Å². The van der Waals surface area contributed by atoms with Crippen LogP contribution in [0.5, 0.6) is 5.75 Å². The van der Waals surface area contributed by atoms with E-state index in [1.807, 2.05) is 25.7 Å². The lowest BCUT2D eigenvalue weighted by Gasteiger charge is -2.25. The molecule has 4 heteroatoms. The van der Waals surface area contributed by atoms with Crippen molar-refractivity contribution in [3.05, 3.63) is 46.8 Å². The van der Waals surface area contributed by atoms with E-state index >= 15 is 0 Å². The van der Waals surface area contributed by atoms with E-state index < -0.39 is 0 Å². The number of aryl methyl sites for hydroxylation is 3. The van der Waals surface area contributed by atoms with Gasteiger partial charge in [-0.1, -0.05) is 6.07 Å². The number of benzene rings is 1. The molecule has 0 fully saturated rings. The standard InChI is InChI=1S/C17H23N3O/c1-12-9-14(20(3)19-12)11-21-15-7-8-16-13(10-15)5-4-6-17(16)18-2/h7-10,17-18H,4-6,11H2,1-3H3. The summed E-state index contributed by atoms with van der Waals surface area (Å²) in [5, 5.41) is 7.74. The number of aromatic nitrogens is 2. The Morgan fingerprint density at radius 3 is 2.95 bits per heavy atom. The molecule has 3 rings (SSSR count). The highest BCUT2D eigenvalue weighted by atomic mass is 16.5. The molecule has 2 aromatic rings. The average Bonchev–Trinajstić information content (AvgIpc) is 2.82. The summed E-state index contributed by atoms with van der Waals surface area (Å²) >= 11 is 0. The van der Waals surface area contributed by atoms with Crippen molar-refractivity contribution in [3.63, 3.8) is 0 Å². The summed E-state index contributed by atoms with van der Waals surface area (Å²) in [5.41, 5.74) is 4.96. The van der Waals surface area contributed by atoms with E-state index in [1.54, 1.807) is 0 Å². The normalized spacial score (nSPS) is 17.6. The molecule has 21 heavy (non-hydrogen) atoms. The molecule has 1 aliphatic carbocycles. The van der Waals surface area contributed by atoms with Gasteiger partial charge in [-0.3, -0.25) is 4.68 Å². The zero-order valence-electron chi connectivity index (χ0n) is 13.0. The van der Waals surface area contributed by atoms with E-state index in [0.717, 1.165) is 23.6 Å². The minimum absolute atomic E-state index is 0.488. The van der Waals surface area contributed by atoms with Crippen LogP contribution in [0.15, 0.2) is 24.3 Å². The van der Waals surface area contributed by atoms with Gasteiger partial charge in [-0.2, -0.15) is 5.10 Å². The predicted octanol–water partition coefficient (Wildman–Crippen LogP) is 2.90. The van der Waals surface area contributed by atoms with Gasteiger partial charge in [-0.15, -0.1) is 0 Å². The van der Waals surface area contributed by atoms with Crippen LogP contribution in [0.2, 0.25) is 0 Å². The summed E-state index contributed by atoms with van der Waals surface area (Å²) in [4.78, 5) is 0. The van der Waals surface area contributed by atoms with E-state index in [0.29, 0.717) is 12.6 Å². The maximum atomic E-state index is 5.94. The summed E-state index contributed by atoms with van der Waals surface area (Å²) in [6, 6.07) is 9.04. The summed E-state index contributed by atoms with van der Waals surface area (Å²) in [7, 11) is 3.99. The highest BCUT2D eigenvalue weighted by Crippen LogP contribution is 2.32. The first-order chi connectivity index (χ1) is 10.2. The van der Waals surface area contributed by atoms with Crippen molar-refractivity contribution in [2.24, 2.45) is 7.05 Å². The van der Waals surface area contributed by atoms with E-state index in [9.17, 15) is 0 Å². The van der Waals surface area contributed by atoms with Gasteiger partial charge in [0, 0.05) is 13.1 Å². The van der Waals surface area contributed by atoms with Gasteiger partial charge in [0.15, 0.2) is 0 Å². The van der Waals surface area contributed by atoms with Crippen LogP contribution in [0.4, 0.5) is 0 Å². The molecule has 0 radical (unpaired) electrons. The molecule has 1 atom stereocenters. The maximum Gasteiger partial charge on any atom is 0.130 e. The number of ether oxygens (including phenoxy) is 1. The lowest BCUT2D eigenvalue weighted by molar-refractivity contribution is 0.294. The first kappa shape index (κ1) is 14.1.